The van der Waals surface area contributed by atoms with Crippen LogP contribution in [0.3, 0.4) is 0 Å². The Balaban J connectivity index is 1.92. The summed E-state index contributed by atoms with van der Waals surface area (Å²) in [7, 11) is 0. The number of amides is 1. The predicted octanol–water partition coefficient (Wildman–Crippen LogP) is 1.49. The third-order valence-corrected chi connectivity index (χ3v) is 3.03. The number of hydrogen-bond acceptors (Lipinski definition) is 5. The molecule has 0 unspecified atom stereocenters. The van der Waals surface area contributed by atoms with Crippen molar-refractivity contribution in [2.24, 2.45) is 0 Å². The predicted molar refractivity (Wildman–Crippen MR) is 78.1 cm³/mol. The number of carbonyl (C=O) groups is 2. The maximum absolute atomic E-state index is 11.8. The van der Waals surface area contributed by atoms with Crippen molar-refractivity contribution in [3.05, 3.63) is 23.8 Å². The van der Waals surface area contributed by atoms with E-state index in [1.165, 1.54) is 0 Å². The molecule has 0 bridgehead atoms. The quantitative estimate of drug-likeness (QED) is 0.587. The number of carbonyl (C=O) groups excluding carboxylic acids is 2. The second kappa shape index (κ2) is 6.97. The summed E-state index contributed by atoms with van der Waals surface area (Å²) >= 11 is 0. The van der Waals surface area contributed by atoms with Gasteiger partial charge in [-0.3, -0.25) is 4.79 Å². The van der Waals surface area contributed by atoms with E-state index in [2.05, 4.69) is 5.32 Å². The Labute approximate surface area is 123 Å². The summed E-state index contributed by atoms with van der Waals surface area (Å²) in [4.78, 5) is 23.4. The van der Waals surface area contributed by atoms with Gasteiger partial charge in [0.2, 0.25) is 5.91 Å². The first-order valence-corrected chi connectivity index (χ1v) is 7.09. The first-order valence-electron chi connectivity index (χ1n) is 7.09. The fourth-order valence-electron chi connectivity index (χ4n) is 1.82. The van der Waals surface area contributed by atoms with E-state index in [4.69, 9.17) is 15.2 Å². The minimum absolute atomic E-state index is 0.0425. The van der Waals surface area contributed by atoms with Crippen LogP contribution < -0.4 is 15.8 Å². The van der Waals surface area contributed by atoms with E-state index >= 15 is 0 Å². The van der Waals surface area contributed by atoms with Crippen molar-refractivity contribution in [2.45, 2.75) is 32.2 Å². The summed E-state index contributed by atoms with van der Waals surface area (Å²) in [6.45, 7) is 2.21. The molecule has 0 aliphatic heterocycles. The Kier molecular flexibility index (Phi) is 5.03. The Morgan fingerprint density at radius 3 is 2.81 bits per heavy atom. The lowest BCUT2D eigenvalue weighted by Gasteiger charge is -2.11. The molecule has 0 spiro atoms. The molecule has 6 nitrogen and oxygen atoms in total. The molecule has 1 aliphatic rings. The van der Waals surface area contributed by atoms with Gasteiger partial charge in [-0.2, -0.15) is 0 Å². The first-order chi connectivity index (χ1) is 10.1. The largest absolute Gasteiger partial charge is 0.492 e. The molecule has 0 radical (unpaired) electrons. The van der Waals surface area contributed by atoms with E-state index < -0.39 is 5.97 Å². The summed E-state index contributed by atoms with van der Waals surface area (Å²) in [5.74, 6) is -0.165. The number of benzene rings is 1. The average molecular weight is 292 g/mol. The second-order valence-electron chi connectivity index (χ2n) is 4.92. The van der Waals surface area contributed by atoms with Gasteiger partial charge in [-0.25, -0.2) is 4.79 Å². The third kappa shape index (κ3) is 4.66. The number of ether oxygens (including phenoxy) is 2. The molecule has 0 aromatic heterocycles. The highest BCUT2D eigenvalue weighted by Gasteiger charge is 2.23. The first kappa shape index (κ1) is 15.2. The lowest BCUT2D eigenvalue weighted by molar-refractivity contribution is -0.121. The SMILES string of the molecule is CCOC(=O)c1ccc(N)cc1OCCC(=O)NC1CC1. The fourth-order valence-corrected chi connectivity index (χ4v) is 1.82. The minimum atomic E-state index is -0.463. The van der Waals surface area contributed by atoms with Crippen LogP contribution in [0, 0.1) is 0 Å². The maximum Gasteiger partial charge on any atom is 0.341 e. The summed E-state index contributed by atoms with van der Waals surface area (Å²) in [5, 5.41) is 2.87. The zero-order valence-corrected chi connectivity index (χ0v) is 12.1. The molecule has 0 atom stereocenters. The third-order valence-electron chi connectivity index (χ3n) is 3.03. The van der Waals surface area contributed by atoms with Crippen molar-refractivity contribution >= 4 is 17.6 Å². The van der Waals surface area contributed by atoms with Crippen LogP contribution in [-0.2, 0) is 9.53 Å². The van der Waals surface area contributed by atoms with Gasteiger partial charge in [0.1, 0.15) is 11.3 Å². The Morgan fingerprint density at radius 2 is 2.14 bits per heavy atom. The van der Waals surface area contributed by atoms with Crippen LogP contribution in [0.5, 0.6) is 5.75 Å². The highest BCUT2D eigenvalue weighted by Crippen LogP contribution is 2.23. The number of nitrogens with one attached hydrogen (secondary N) is 1. The van der Waals surface area contributed by atoms with Gasteiger partial charge in [-0.1, -0.05) is 0 Å². The number of rotatable bonds is 7. The molecule has 3 N–H and O–H groups in total. The van der Waals surface area contributed by atoms with Crippen molar-refractivity contribution in [1.29, 1.82) is 0 Å². The molecule has 0 saturated heterocycles. The van der Waals surface area contributed by atoms with Crippen molar-refractivity contribution < 1.29 is 19.1 Å². The standard InChI is InChI=1S/C15H20N2O4/c1-2-20-15(19)12-6-3-10(16)9-13(12)21-8-7-14(18)17-11-4-5-11/h3,6,9,11H,2,4-5,7-8,16H2,1H3,(H,17,18). The molecule has 1 aliphatic carbocycles. The topological polar surface area (TPSA) is 90.7 Å². The molecule has 1 aromatic rings. The summed E-state index contributed by atoms with van der Waals surface area (Å²) in [6.07, 6.45) is 2.34. The van der Waals surface area contributed by atoms with Crippen molar-refractivity contribution in [1.82, 2.24) is 5.32 Å². The van der Waals surface area contributed by atoms with Gasteiger partial charge < -0.3 is 20.5 Å². The van der Waals surface area contributed by atoms with Gasteiger partial charge in [0, 0.05) is 17.8 Å². The van der Waals surface area contributed by atoms with Crippen LogP contribution in [0.15, 0.2) is 18.2 Å². The molecule has 1 aromatic carbocycles. The van der Waals surface area contributed by atoms with Crippen molar-refractivity contribution in [3.63, 3.8) is 0 Å². The molecule has 1 fully saturated rings. The monoisotopic (exact) mass is 292 g/mol. The zero-order valence-electron chi connectivity index (χ0n) is 12.1. The molecule has 0 heterocycles. The highest BCUT2D eigenvalue weighted by molar-refractivity contribution is 5.93. The normalized spacial score (nSPS) is 13.6. The van der Waals surface area contributed by atoms with E-state index in [0.29, 0.717) is 23.0 Å². The second-order valence-corrected chi connectivity index (χ2v) is 4.92. The number of nitrogens with two attached hydrogens (primary N) is 1. The maximum atomic E-state index is 11.8. The van der Waals surface area contributed by atoms with Crippen LogP contribution in [0.25, 0.3) is 0 Å². The number of hydrogen-bond donors (Lipinski definition) is 2. The van der Waals surface area contributed by atoms with E-state index in [0.717, 1.165) is 12.8 Å². The molecule has 2 rings (SSSR count). The molecule has 21 heavy (non-hydrogen) atoms. The zero-order chi connectivity index (χ0) is 15.2. The van der Waals surface area contributed by atoms with Gasteiger partial charge in [0.05, 0.1) is 19.6 Å². The van der Waals surface area contributed by atoms with Crippen molar-refractivity contribution in [3.8, 4) is 5.75 Å². The van der Waals surface area contributed by atoms with E-state index in [1.807, 2.05) is 0 Å². The van der Waals surface area contributed by atoms with Gasteiger partial charge in [0.15, 0.2) is 0 Å². The van der Waals surface area contributed by atoms with Gasteiger partial charge in [-0.15, -0.1) is 0 Å². The van der Waals surface area contributed by atoms with E-state index in [-0.39, 0.29) is 25.5 Å². The molecule has 1 saturated carbocycles. The van der Waals surface area contributed by atoms with Gasteiger partial charge in [0.25, 0.3) is 0 Å². The van der Waals surface area contributed by atoms with Crippen LogP contribution in [0.2, 0.25) is 0 Å². The fraction of sp³-hybridized carbons (Fsp3) is 0.467. The summed E-state index contributed by atoms with van der Waals surface area (Å²) < 4.78 is 10.5. The lowest BCUT2D eigenvalue weighted by atomic mass is 10.2. The number of nitrogen functional groups attached to an aromatic ring is 1. The molecular formula is C15H20N2O4. The molecular weight excluding hydrogens is 272 g/mol. The smallest absolute Gasteiger partial charge is 0.341 e. The van der Waals surface area contributed by atoms with Gasteiger partial charge >= 0.3 is 5.97 Å². The molecule has 6 heteroatoms. The highest BCUT2D eigenvalue weighted by atomic mass is 16.5. The number of anilines is 1. The Morgan fingerprint density at radius 1 is 1.38 bits per heavy atom. The van der Waals surface area contributed by atoms with E-state index in [9.17, 15) is 9.59 Å². The summed E-state index contributed by atoms with van der Waals surface area (Å²) in [6, 6.07) is 5.07. The summed E-state index contributed by atoms with van der Waals surface area (Å²) in [5.41, 5.74) is 6.50. The molecule has 1 amide bonds. The van der Waals surface area contributed by atoms with Crippen molar-refractivity contribution in [2.75, 3.05) is 18.9 Å². The minimum Gasteiger partial charge on any atom is -0.492 e. The average Bonchev–Trinajstić information content (AvgIpc) is 3.23. The van der Waals surface area contributed by atoms with Crippen LogP contribution in [-0.4, -0.2) is 31.1 Å². The Bertz CT molecular complexity index is 526. The molecule has 114 valence electrons. The Hall–Kier alpha value is -2.24. The van der Waals surface area contributed by atoms with E-state index in [1.54, 1.807) is 25.1 Å². The number of esters is 1. The van der Waals surface area contributed by atoms with Crippen LogP contribution in [0.1, 0.15) is 36.5 Å². The van der Waals surface area contributed by atoms with Gasteiger partial charge in [-0.05, 0) is 31.9 Å². The lowest BCUT2D eigenvalue weighted by Crippen LogP contribution is -2.26. The van der Waals surface area contributed by atoms with Crippen LogP contribution >= 0.6 is 0 Å². The van der Waals surface area contributed by atoms with Crippen LogP contribution in [0.4, 0.5) is 5.69 Å².